The molecule has 2 rings (SSSR count). The summed E-state index contributed by atoms with van der Waals surface area (Å²) < 4.78 is 5.43. The molecule has 1 fully saturated rings. The van der Waals surface area contributed by atoms with Gasteiger partial charge in [0.15, 0.2) is 0 Å². The van der Waals surface area contributed by atoms with E-state index in [0.717, 1.165) is 25.7 Å². The van der Waals surface area contributed by atoms with Crippen molar-refractivity contribution in [3.05, 3.63) is 12.2 Å². The Labute approximate surface area is 113 Å². The number of carboxylic acid groups (broad SMARTS) is 1. The second-order valence-corrected chi connectivity index (χ2v) is 5.17. The van der Waals surface area contributed by atoms with Gasteiger partial charge in [0, 0.05) is 18.4 Å². The smallest absolute Gasteiger partial charge is 0.226 e. The van der Waals surface area contributed by atoms with Crippen LogP contribution in [0.25, 0.3) is 0 Å². The lowest BCUT2D eigenvalue weighted by Gasteiger charge is -2.24. The van der Waals surface area contributed by atoms with Crippen LogP contribution in [0.15, 0.2) is 12.2 Å². The van der Waals surface area contributed by atoms with Crippen LogP contribution < -0.4 is 10.4 Å². The van der Waals surface area contributed by atoms with E-state index in [1.807, 2.05) is 0 Å². The lowest BCUT2D eigenvalue weighted by atomic mass is 9.82. The molecule has 5 nitrogen and oxygen atoms in total. The Bertz CT molecular complexity index is 380. The molecular formula is C14H20NO4-. The van der Waals surface area contributed by atoms with E-state index in [4.69, 9.17) is 4.74 Å². The highest BCUT2D eigenvalue weighted by molar-refractivity contribution is 5.86. The van der Waals surface area contributed by atoms with Crippen molar-refractivity contribution >= 4 is 11.9 Å². The molecule has 4 atom stereocenters. The first-order valence-electron chi connectivity index (χ1n) is 6.97. The van der Waals surface area contributed by atoms with Crippen molar-refractivity contribution in [3.8, 4) is 0 Å². The Morgan fingerprint density at radius 1 is 1.16 bits per heavy atom. The van der Waals surface area contributed by atoms with Crippen LogP contribution in [0.3, 0.4) is 0 Å². The standard InChI is InChI=1S/C14H21NO4/c1-2-3-4-5-8-15-13(16)11-9-6-7-10(19-9)12(11)14(17)18/h6-7,9-12H,2-5,8H2,1H3,(H,15,16)(H,17,18)/p-1. The minimum atomic E-state index is -1.21. The molecule has 5 heteroatoms. The Hall–Kier alpha value is -1.36. The van der Waals surface area contributed by atoms with Crippen LogP contribution in [0.5, 0.6) is 0 Å². The molecule has 19 heavy (non-hydrogen) atoms. The van der Waals surface area contributed by atoms with Gasteiger partial charge in [-0.1, -0.05) is 38.3 Å². The number of fused-ring (bicyclic) bond motifs is 2. The first kappa shape index (κ1) is 14.1. The quantitative estimate of drug-likeness (QED) is 0.520. The van der Waals surface area contributed by atoms with Gasteiger partial charge in [-0.05, 0) is 6.42 Å². The van der Waals surface area contributed by atoms with Gasteiger partial charge in [0.25, 0.3) is 0 Å². The maximum absolute atomic E-state index is 12.1. The van der Waals surface area contributed by atoms with E-state index < -0.39 is 30.0 Å². The van der Waals surface area contributed by atoms with Crippen molar-refractivity contribution in [3.63, 3.8) is 0 Å². The summed E-state index contributed by atoms with van der Waals surface area (Å²) in [6.07, 6.45) is 6.85. The number of carbonyl (C=O) groups excluding carboxylic acids is 2. The van der Waals surface area contributed by atoms with Crippen LogP contribution in [0, 0.1) is 11.8 Å². The maximum Gasteiger partial charge on any atom is 0.226 e. The summed E-state index contributed by atoms with van der Waals surface area (Å²) >= 11 is 0. The molecule has 0 aromatic rings. The van der Waals surface area contributed by atoms with E-state index >= 15 is 0 Å². The average molecular weight is 266 g/mol. The molecule has 2 heterocycles. The van der Waals surface area contributed by atoms with Crippen molar-refractivity contribution in [2.24, 2.45) is 11.8 Å². The minimum Gasteiger partial charge on any atom is -0.550 e. The van der Waals surface area contributed by atoms with Crippen LogP contribution in [-0.2, 0) is 14.3 Å². The number of hydrogen-bond donors (Lipinski definition) is 1. The third kappa shape index (κ3) is 2.97. The van der Waals surface area contributed by atoms with Gasteiger partial charge in [-0.3, -0.25) is 4.79 Å². The maximum atomic E-state index is 12.1. The number of hydrogen-bond acceptors (Lipinski definition) is 4. The summed E-state index contributed by atoms with van der Waals surface area (Å²) in [5.74, 6) is -2.94. The molecule has 0 aromatic heterocycles. The second kappa shape index (κ2) is 6.19. The molecule has 0 spiro atoms. The summed E-state index contributed by atoms with van der Waals surface area (Å²) in [5.41, 5.74) is 0. The third-order valence-electron chi connectivity index (χ3n) is 3.80. The normalized spacial score (nSPS) is 31.6. The predicted molar refractivity (Wildman–Crippen MR) is 66.9 cm³/mol. The van der Waals surface area contributed by atoms with Crippen LogP contribution in [0.4, 0.5) is 0 Å². The summed E-state index contributed by atoms with van der Waals surface area (Å²) in [4.78, 5) is 23.2. The molecule has 1 N–H and O–H groups in total. The largest absolute Gasteiger partial charge is 0.550 e. The van der Waals surface area contributed by atoms with Crippen LogP contribution >= 0.6 is 0 Å². The Morgan fingerprint density at radius 2 is 1.84 bits per heavy atom. The van der Waals surface area contributed by atoms with E-state index in [2.05, 4.69) is 12.2 Å². The Morgan fingerprint density at radius 3 is 2.47 bits per heavy atom. The Balaban J connectivity index is 1.84. The van der Waals surface area contributed by atoms with E-state index in [1.165, 1.54) is 0 Å². The van der Waals surface area contributed by atoms with Crippen molar-refractivity contribution in [1.29, 1.82) is 0 Å². The molecular weight excluding hydrogens is 246 g/mol. The minimum absolute atomic E-state index is 0.234. The summed E-state index contributed by atoms with van der Waals surface area (Å²) in [7, 11) is 0. The Kier molecular flexibility index (Phi) is 4.58. The molecule has 2 aliphatic heterocycles. The van der Waals surface area contributed by atoms with Gasteiger partial charge in [-0.2, -0.15) is 0 Å². The zero-order chi connectivity index (χ0) is 13.8. The van der Waals surface area contributed by atoms with Gasteiger partial charge in [0.2, 0.25) is 5.91 Å². The van der Waals surface area contributed by atoms with Crippen molar-refractivity contribution in [1.82, 2.24) is 5.32 Å². The van der Waals surface area contributed by atoms with E-state index in [9.17, 15) is 14.7 Å². The monoisotopic (exact) mass is 266 g/mol. The molecule has 106 valence electrons. The molecule has 1 amide bonds. The number of carboxylic acids is 1. The molecule has 2 bridgehead atoms. The number of nitrogens with one attached hydrogen (secondary N) is 1. The van der Waals surface area contributed by atoms with Crippen molar-refractivity contribution in [2.75, 3.05) is 6.54 Å². The zero-order valence-electron chi connectivity index (χ0n) is 11.1. The van der Waals surface area contributed by atoms with Gasteiger partial charge < -0.3 is 20.0 Å². The molecule has 0 aromatic carbocycles. The fraction of sp³-hybridized carbons (Fsp3) is 0.714. The van der Waals surface area contributed by atoms with Crippen LogP contribution in [0.2, 0.25) is 0 Å². The molecule has 2 aliphatic rings. The number of amides is 1. The summed E-state index contributed by atoms with van der Waals surface area (Å²) in [6.45, 7) is 2.72. The average Bonchev–Trinajstić information content (AvgIpc) is 2.98. The number of ether oxygens (including phenoxy) is 1. The summed E-state index contributed by atoms with van der Waals surface area (Å²) in [5, 5.41) is 13.9. The van der Waals surface area contributed by atoms with Gasteiger partial charge in [0.1, 0.15) is 0 Å². The van der Waals surface area contributed by atoms with Gasteiger partial charge in [0.05, 0.1) is 18.1 Å². The molecule has 0 radical (unpaired) electrons. The zero-order valence-corrected chi connectivity index (χ0v) is 11.1. The molecule has 4 unspecified atom stereocenters. The first-order valence-corrected chi connectivity index (χ1v) is 6.97. The lowest BCUT2D eigenvalue weighted by molar-refractivity contribution is -0.313. The first-order chi connectivity index (χ1) is 9.15. The van der Waals surface area contributed by atoms with Crippen LogP contribution in [-0.4, -0.2) is 30.6 Å². The number of rotatable bonds is 7. The number of unbranched alkanes of at least 4 members (excludes halogenated alkanes) is 3. The molecule has 1 saturated heterocycles. The number of carbonyl (C=O) groups is 2. The molecule has 0 aliphatic carbocycles. The van der Waals surface area contributed by atoms with Gasteiger partial charge in [-0.15, -0.1) is 0 Å². The molecule has 0 saturated carbocycles. The highest BCUT2D eigenvalue weighted by atomic mass is 16.5. The third-order valence-corrected chi connectivity index (χ3v) is 3.80. The highest BCUT2D eigenvalue weighted by Gasteiger charge is 2.49. The van der Waals surface area contributed by atoms with E-state index in [-0.39, 0.29) is 5.91 Å². The SMILES string of the molecule is CCCCCCNC(=O)C1C2C=CC(O2)C1C(=O)[O-]. The van der Waals surface area contributed by atoms with Crippen molar-refractivity contribution in [2.45, 2.75) is 44.8 Å². The van der Waals surface area contributed by atoms with Crippen LogP contribution in [0.1, 0.15) is 32.6 Å². The van der Waals surface area contributed by atoms with Gasteiger partial charge >= 0.3 is 0 Å². The van der Waals surface area contributed by atoms with Crippen molar-refractivity contribution < 1.29 is 19.4 Å². The lowest BCUT2D eigenvalue weighted by Crippen LogP contribution is -2.47. The van der Waals surface area contributed by atoms with Gasteiger partial charge in [-0.25, -0.2) is 0 Å². The summed E-state index contributed by atoms with van der Waals surface area (Å²) in [6, 6.07) is 0. The number of aliphatic carboxylic acids is 1. The fourth-order valence-electron chi connectivity index (χ4n) is 2.78. The van der Waals surface area contributed by atoms with E-state index in [0.29, 0.717) is 6.54 Å². The fourth-order valence-corrected chi connectivity index (χ4v) is 2.78. The predicted octanol–water partition coefficient (Wildman–Crippen LogP) is 0.00240. The highest BCUT2D eigenvalue weighted by Crippen LogP contribution is 2.38. The second-order valence-electron chi connectivity index (χ2n) is 5.17. The topological polar surface area (TPSA) is 78.5 Å². The van der Waals surface area contributed by atoms with E-state index in [1.54, 1.807) is 12.2 Å².